The Morgan fingerprint density at radius 2 is 1.59 bits per heavy atom. The minimum atomic E-state index is -3.98. The van der Waals surface area contributed by atoms with Crippen molar-refractivity contribution in [2.45, 2.75) is 37.8 Å². The lowest BCUT2D eigenvalue weighted by atomic mass is 10.1. The summed E-state index contributed by atoms with van der Waals surface area (Å²) in [5, 5.41) is 0.392. The molecule has 29 heavy (non-hydrogen) atoms. The molecule has 0 aliphatic carbocycles. The Morgan fingerprint density at radius 3 is 2.07 bits per heavy atom. The molecule has 0 saturated carbocycles. The summed E-state index contributed by atoms with van der Waals surface area (Å²) in [5.41, 5.74) is 5.54. The van der Waals surface area contributed by atoms with Crippen LogP contribution >= 0.6 is 11.6 Å². The average molecular weight is 439 g/mol. The van der Waals surface area contributed by atoms with Crippen LogP contribution in [0.15, 0.2) is 53.4 Å². The van der Waals surface area contributed by atoms with E-state index in [0.717, 1.165) is 4.31 Å². The number of halogens is 1. The van der Waals surface area contributed by atoms with E-state index in [9.17, 15) is 18.0 Å². The van der Waals surface area contributed by atoms with Crippen molar-refractivity contribution in [2.75, 3.05) is 6.54 Å². The van der Waals surface area contributed by atoms with Gasteiger partial charge >= 0.3 is 5.97 Å². The molecule has 0 aromatic heterocycles. The lowest BCUT2D eigenvalue weighted by Crippen LogP contribution is -2.38. The van der Waals surface area contributed by atoms with Crippen molar-refractivity contribution < 1.29 is 22.7 Å². The third-order valence-electron chi connectivity index (χ3n) is 3.73. The fraction of sp³-hybridized carbons (Fsp3) is 0.300. The van der Waals surface area contributed by atoms with Gasteiger partial charge in [-0.15, -0.1) is 0 Å². The summed E-state index contributed by atoms with van der Waals surface area (Å²) in [7, 11) is -3.98. The van der Waals surface area contributed by atoms with Gasteiger partial charge in [-0.1, -0.05) is 23.7 Å². The Morgan fingerprint density at radius 1 is 1.03 bits per heavy atom. The van der Waals surface area contributed by atoms with Crippen molar-refractivity contribution >= 4 is 33.5 Å². The summed E-state index contributed by atoms with van der Waals surface area (Å²) in [4.78, 5) is 23.5. The van der Waals surface area contributed by atoms with Gasteiger partial charge in [0.1, 0.15) is 5.60 Å². The first-order valence-corrected chi connectivity index (χ1v) is 10.6. The predicted octanol–water partition coefficient (Wildman–Crippen LogP) is 2.97. The van der Waals surface area contributed by atoms with Gasteiger partial charge in [-0.05, 0) is 62.7 Å². The highest BCUT2D eigenvalue weighted by Gasteiger charge is 2.26. The highest BCUT2D eigenvalue weighted by Crippen LogP contribution is 2.21. The van der Waals surface area contributed by atoms with Crippen molar-refractivity contribution in [1.82, 2.24) is 4.31 Å². The molecule has 0 aliphatic rings. The molecule has 1 amide bonds. The second kappa shape index (κ2) is 8.94. The van der Waals surface area contributed by atoms with Gasteiger partial charge < -0.3 is 10.5 Å². The van der Waals surface area contributed by atoms with E-state index in [1.165, 1.54) is 24.3 Å². The minimum absolute atomic E-state index is 0.00600. The summed E-state index contributed by atoms with van der Waals surface area (Å²) in [6, 6.07) is 11.9. The summed E-state index contributed by atoms with van der Waals surface area (Å²) in [5.74, 6) is -1.26. The van der Waals surface area contributed by atoms with Crippen LogP contribution in [0.4, 0.5) is 0 Å². The van der Waals surface area contributed by atoms with Gasteiger partial charge in [0.05, 0.1) is 17.0 Å². The van der Waals surface area contributed by atoms with Crippen molar-refractivity contribution in [2.24, 2.45) is 5.73 Å². The van der Waals surface area contributed by atoms with Crippen molar-refractivity contribution in [3.63, 3.8) is 0 Å². The largest absolute Gasteiger partial charge is 0.456 e. The van der Waals surface area contributed by atoms with Crippen LogP contribution in [0, 0.1) is 0 Å². The van der Waals surface area contributed by atoms with E-state index in [4.69, 9.17) is 22.1 Å². The molecule has 0 atom stereocenters. The third kappa shape index (κ3) is 6.56. The molecule has 9 heteroatoms. The Bertz CT molecular complexity index is 981. The number of nitrogens with two attached hydrogens (primary N) is 1. The first-order chi connectivity index (χ1) is 13.4. The molecular weight excluding hydrogens is 416 g/mol. The Hall–Kier alpha value is -2.42. The second-order valence-electron chi connectivity index (χ2n) is 7.39. The van der Waals surface area contributed by atoms with Crippen molar-refractivity contribution in [1.29, 1.82) is 0 Å². The van der Waals surface area contributed by atoms with E-state index in [2.05, 4.69) is 0 Å². The topological polar surface area (TPSA) is 107 Å². The Balaban J connectivity index is 2.25. The zero-order valence-electron chi connectivity index (χ0n) is 16.4. The molecule has 2 aromatic carbocycles. The van der Waals surface area contributed by atoms with Gasteiger partial charge in [0.15, 0.2) is 0 Å². The van der Waals surface area contributed by atoms with E-state index in [-0.39, 0.29) is 11.4 Å². The number of carbonyl (C=O) groups excluding carboxylic acids is 2. The number of primary amides is 1. The molecule has 0 saturated heterocycles. The molecule has 156 valence electrons. The number of nitrogens with zero attached hydrogens (tertiary/aromatic N) is 1. The molecule has 0 heterocycles. The second-order valence-corrected chi connectivity index (χ2v) is 9.77. The van der Waals surface area contributed by atoms with Crippen LogP contribution in [0.3, 0.4) is 0 Å². The smallest absolute Gasteiger partial charge is 0.338 e. The normalized spacial score (nSPS) is 12.0. The van der Waals surface area contributed by atoms with Gasteiger partial charge in [0, 0.05) is 11.6 Å². The number of amides is 1. The van der Waals surface area contributed by atoms with Gasteiger partial charge in [0.2, 0.25) is 15.9 Å². The third-order valence-corrected chi connectivity index (χ3v) is 5.79. The van der Waals surface area contributed by atoms with E-state index in [1.807, 2.05) is 0 Å². The van der Waals surface area contributed by atoms with E-state index in [1.54, 1.807) is 45.0 Å². The number of hydrogen-bond donors (Lipinski definition) is 1. The fourth-order valence-electron chi connectivity index (χ4n) is 2.44. The first kappa shape index (κ1) is 22.9. The Kier molecular flexibility index (Phi) is 7.05. The van der Waals surface area contributed by atoms with Crippen LogP contribution in [0.5, 0.6) is 0 Å². The zero-order chi connectivity index (χ0) is 21.8. The van der Waals surface area contributed by atoms with Crippen molar-refractivity contribution in [3.05, 3.63) is 64.7 Å². The maximum Gasteiger partial charge on any atom is 0.338 e. The molecule has 0 fully saturated rings. The number of hydrogen-bond acceptors (Lipinski definition) is 5. The van der Waals surface area contributed by atoms with Crippen LogP contribution in [0.1, 0.15) is 36.7 Å². The summed E-state index contributed by atoms with van der Waals surface area (Å²) >= 11 is 5.82. The molecule has 2 rings (SSSR count). The molecule has 0 spiro atoms. The lowest BCUT2D eigenvalue weighted by Gasteiger charge is -2.21. The lowest BCUT2D eigenvalue weighted by molar-refractivity contribution is -0.118. The SMILES string of the molecule is CC(C)(C)OC(=O)c1ccc(CN(CC(N)=O)S(=O)(=O)c2ccc(Cl)cc2)cc1. The van der Waals surface area contributed by atoms with E-state index >= 15 is 0 Å². The van der Waals surface area contributed by atoms with Crippen LogP contribution in [0.25, 0.3) is 0 Å². The monoisotopic (exact) mass is 438 g/mol. The van der Waals surface area contributed by atoms with Gasteiger partial charge in [-0.3, -0.25) is 4.79 Å². The van der Waals surface area contributed by atoms with Crippen molar-refractivity contribution in [3.8, 4) is 0 Å². The highest BCUT2D eigenvalue weighted by molar-refractivity contribution is 7.89. The molecule has 7 nitrogen and oxygen atoms in total. The van der Waals surface area contributed by atoms with Gasteiger partial charge in [0.25, 0.3) is 0 Å². The minimum Gasteiger partial charge on any atom is -0.456 e. The maximum absolute atomic E-state index is 12.9. The summed E-state index contributed by atoms with van der Waals surface area (Å²) in [6.45, 7) is 4.72. The number of esters is 1. The first-order valence-electron chi connectivity index (χ1n) is 8.75. The predicted molar refractivity (Wildman–Crippen MR) is 110 cm³/mol. The standard InChI is InChI=1S/C20H23ClN2O5S/c1-20(2,3)28-19(25)15-6-4-14(5-7-15)12-23(13-18(22)24)29(26,27)17-10-8-16(21)9-11-17/h4-11H,12-13H2,1-3H3,(H2,22,24). The number of sulfonamides is 1. The molecule has 0 radical (unpaired) electrons. The quantitative estimate of drug-likeness (QED) is 0.668. The highest BCUT2D eigenvalue weighted by atomic mass is 35.5. The van der Waals surface area contributed by atoms with Crippen LogP contribution in [-0.2, 0) is 26.1 Å². The molecule has 2 aromatic rings. The van der Waals surface area contributed by atoms with Gasteiger partial charge in [-0.2, -0.15) is 4.31 Å². The number of benzene rings is 2. The number of carbonyl (C=O) groups is 2. The average Bonchev–Trinajstić information content (AvgIpc) is 2.60. The Labute approximate surface area is 175 Å². The fourth-order valence-corrected chi connectivity index (χ4v) is 3.96. The van der Waals surface area contributed by atoms with Crippen LogP contribution in [0.2, 0.25) is 5.02 Å². The zero-order valence-corrected chi connectivity index (χ0v) is 18.0. The summed E-state index contributed by atoms with van der Waals surface area (Å²) < 4.78 is 32.1. The molecule has 0 aliphatic heterocycles. The molecule has 0 bridgehead atoms. The van der Waals surface area contributed by atoms with E-state index < -0.39 is 34.0 Å². The van der Waals surface area contributed by atoms with Crippen LogP contribution < -0.4 is 5.73 Å². The maximum atomic E-state index is 12.9. The number of ether oxygens (including phenoxy) is 1. The molecule has 2 N–H and O–H groups in total. The van der Waals surface area contributed by atoms with E-state index in [0.29, 0.717) is 16.1 Å². The molecule has 0 unspecified atom stereocenters. The van der Waals surface area contributed by atoms with Gasteiger partial charge in [-0.25, -0.2) is 13.2 Å². The summed E-state index contributed by atoms with van der Waals surface area (Å²) in [6.07, 6.45) is 0. The molecular formula is C20H23ClN2O5S. The van der Waals surface area contributed by atoms with Crippen LogP contribution in [-0.4, -0.2) is 36.7 Å². The number of rotatable bonds is 7.